The summed E-state index contributed by atoms with van der Waals surface area (Å²) < 4.78 is -0.539. The summed E-state index contributed by atoms with van der Waals surface area (Å²) in [7, 11) is 0. The maximum absolute atomic E-state index is 11.4. The van der Waals surface area contributed by atoms with Crippen molar-refractivity contribution in [2.45, 2.75) is 54.6 Å². The zero-order chi connectivity index (χ0) is 12.6. The van der Waals surface area contributed by atoms with Crippen molar-refractivity contribution in [1.82, 2.24) is 0 Å². The lowest BCUT2D eigenvalue weighted by molar-refractivity contribution is -0.142. The molecule has 1 saturated carbocycles. The summed E-state index contributed by atoms with van der Waals surface area (Å²) in [6.45, 7) is 0. The predicted molar refractivity (Wildman–Crippen MR) is 73.2 cm³/mol. The van der Waals surface area contributed by atoms with Crippen LogP contribution in [0.15, 0.2) is 23.1 Å². The van der Waals surface area contributed by atoms with E-state index in [-0.39, 0.29) is 0 Å². The van der Waals surface area contributed by atoms with Gasteiger partial charge in [0.1, 0.15) is 4.75 Å². The topological polar surface area (TPSA) is 37.3 Å². The Hall–Kier alpha value is -0.960. The van der Waals surface area contributed by atoms with Gasteiger partial charge in [0.05, 0.1) is 0 Å². The molecule has 0 amide bonds. The maximum Gasteiger partial charge on any atom is 0.320 e. The van der Waals surface area contributed by atoms with Crippen LogP contribution >= 0.6 is 11.8 Å². The number of benzene rings is 1. The van der Waals surface area contributed by atoms with E-state index in [0.29, 0.717) is 0 Å². The first kappa shape index (κ1) is 12.1. The third-order valence-electron chi connectivity index (χ3n) is 4.18. The highest BCUT2D eigenvalue weighted by atomic mass is 32.2. The van der Waals surface area contributed by atoms with Crippen molar-refractivity contribution in [3.05, 3.63) is 29.3 Å². The first-order valence-electron chi connectivity index (χ1n) is 6.74. The van der Waals surface area contributed by atoms with Crippen molar-refractivity contribution in [3.8, 4) is 0 Å². The van der Waals surface area contributed by atoms with Crippen LogP contribution in [-0.4, -0.2) is 15.8 Å². The first-order chi connectivity index (χ1) is 8.70. The Morgan fingerprint density at radius 3 is 2.44 bits per heavy atom. The molecule has 0 aliphatic heterocycles. The van der Waals surface area contributed by atoms with Crippen LogP contribution in [0.1, 0.15) is 43.2 Å². The molecule has 0 unspecified atom stereocenters. The van der Waals surface area contributed by atoms with E-state index in [1.165, 1.54) is 30.4 Å². The van der Waals surface area contributed by atoms with Gasteiger partial charge < -0.3 is 5.11 Å². The lowest BCUT2D eigenvalue weighted by atomic mass is 9.84. The normalized spacial score (nSPS) is 20.9. The van der Waals surface area contributed by atoms with E-state index in [1.807, 2.05) is 0 Å². The molecule has 0 spiro atoms. The Bertz CT molecular complexity index is 477. The molecule has 0 bridgehead atoms. The summed E-state index contributed by atoms with van der Waals surface area (Å²) in [5, 5.41) is 9.36. The number of carboxylic acids is 1. The minimum atomic E-state index is -0.642. The second-order valence-corrected chi connectivity index (χ2v) is 6.85. The van der Waals surface area contributed by atoms with E-state index in [0.717, 1.165) is 30.6 Å². The van der Waals surface area contributed by atoms with Gasteiger partial charge in [0, 0.05) is 4.90 Å². The van der Waals surface area contributed by atoms with Gasteiger partial charge in [-0.25, -0.2) is 0 Å². The Morgan fingerprint density at radius 2 is 1.83 bits per heavy atom. The molecule has 1 aromatic rings. The molecule has 96 valence electrons. The molecule has 2 nitrogen and oxygen atoms in total. The number of aliphatic carboxylic acids is 1. The number of carbonyl (C=O) groups is 1. The quantitative estimate of drug-likeness (QED) is 0.903. The van der Waals surface area contributed by atoms with E-state index in [2.05, 4.69) is 18.2 Å². The molecule has 0 saturated heterocycles. The van der Waals surface area contributed by atoms with Gasteiger partial charge in [-0.2, -0.15) is 0 Å². The first-order valence-corrected chi connectivity index (χ1v) is 7.55. The molecule has 0 heterocycles. The molecular formula is C15H18O2S. The predicted octanol–water partition coefficient (Wildman–Crippen LogP) is 3.66. The Labute approximate surface area is 112 Å². The van der Waals surface area contributed by atoms with Crippen LogP contribution < -0.4 is 0 Å². The molecule has 0 aromatic heterocycles. The number of hydrogen-bond donors (Lipinski definition) is 1. The Morgan fingerprint density at radius 1 is 1.11 bits per heavy atom. The van der Waals surface area contributed by atoms with Gasteiger partial charge in [0.2, 0.25) is 0 Å². The molecule has 0 atom stereocenters. The number of rotatable bonds is 3. The van der Waals surface area contributed by atoms with Crippen LogP contribution in [0, 0.1) is 0 Å². The average molecular weight is 262 g/mol. The summed E-state index contributed by atoms with van der Waals surface area (Å²) in [5.41, 5.74) is 2.90. The Balaban J connectivity index is 1.82. The highest BCUT2D eigenvalue weighted by Crippen LogP contribution is 2.48. The van der Waals surface area contributed by atoms with Gasteiger partial charge in [-0.05, 0) is 68.2 Å². The number of hydrogen-bond acceptors (Lipinski definition) is 2. The van der Waals surface area contributed by atoms with Gasteiger partial charge in [-0.3, -0.25) is 4.79 Å². The highest BCUT2D eigenvalue weighted by Gasteiger charge is 2.45. The van der Waals surface area contributed by atoms with Crippen LogP contribution in [-0.2, 0) is 17.6 Å². The standard InChI is InChI=1S/C15H18O2S/c16-14(17)15(8-3-9-15)18-13-7-6-11-4-1-2-5-12(11)10-13/h6-7,10H,1-5,8-9H2,(H,16,17). The van der Waals surface area contributed by atoms with Crippen molar-refractivity contribution >= 4 is 17.7 Å². The molecule has 18 heavy (non-hydrogen) atoms. The van der Waals surface area contributed by atoms with Gasteiger partial charge >= 0.3 is 5.97 Å². The monoisotopic (exact) mass is 262 g/mol. The summed E-state index contributed by atoms with van der Waals surface area (Å²) in [4.78, 5) is 12.5. The second-order valence-electron chi connectivity index (χ2n) is 5.39. The molecule has 1 fully saturated rings. The van der Waals surface area contributed by atoms with Crippen molar-refractivity contribution in [1.29, 1.82) is 0 Å². The number of fused-ring (bicyclic) bond motifs is 1. The molecule has 3 heteroatoms. The summed E-state index contributed by atoms with van der Waals surface area (Å²) in [6.07, 6.45) is 7.57. The van der Waals surface area contributed by atoms with Crippen LogP contribution in [0.2, 0.25) is 0 Å². The van der Waals surface area contributed by atoms with E-state index in [4.69, 9.17) is 0 Å². The third-order valence-corrected chi connectivity index (χ3v) is 5.65. The average Bonchev–Trinajstić information content (AvgIpc) is 2.33. The highest BCUT2D eigenvalue weighted by molar-refractivity contribution is 8.01. The summed E-state index contributed by atoms with van der Waals surface area (Å²) >= 11 is 1.56. The molecule has 3 rings (SSSR count). The number of carboxylic acid groups (broad SMARTS) is 1. The summed E-state index contributed by atoms with van der Waals surface area (Å²) in [6, 6.07) is 6.53. The number of aryl methyl sites for hydroxylation is 2. The van der Waals surface area contributed by atoms with Crippen molar-refractivity contribution in [3.63, 3.8) is 0 Å². The zero-order valence-electron chi connectivity index (χ0n) is 10.4. The van der Waals surface area contributed by atoms with E-state index in [1.54, 1.807) is 11.8 Å². The Kier molecular flexibility index (Phi) is 3.10. The minimum absolute atomic E-state index is 0.539. The fraction of sp³-hybridized carbons (Fsp3) is 0.533. The maximum atomic E-state index is 11.4. The summed E-state index contributed by atoms with van der Waals surface area (Å²) in [5.74, 6) is -0.642. The van der Waals surface area contributed by atoms with Gasteiger partial charge in [0.25, 0.3) is 0 Å². The minimum Gasteiger partial charge on any atom is -0.480 e. The van der Waals surface area contributed by atoms with E-state index in [9.17, 15) is 9.90 Å². The van der Waals surface area contributed by atoms with Crippen molar-refractivity contribution < 1.29 is 9.90 Å². The molecule has 2 aliphatic carbocycles. The zero-order valence-corrected chi connectivity index (χ0v) is 11.3. The van der Waals surface area contributed by atoms with Crippen molar-refractivity contribution in [2.75, 3.05) is 0 Å². The lowest BCUT2D eigenvalue weighted by Crippen LogP contribution is -2.41. The fourth-order valence-electron chi connectivity index (χ4n) is 2.86. The lowest BCUT2D eigenvalue weighted by Gasteiger charge is -2.37. The smallest absolute Gasteiger partial charge is 0.320 e. The third kappa shape index (κ3) is 2.05. The van der Waals surface area contributed by atoms with Gasteiger partial charge in [0.15, 0.2) is 0 Å². The number of thioether (sulfide) groups is 1. The molecule has 0 radical (unpaired) electrons. The van der Waals surface area contributed by atoms with Crippen LogP contribution in [0.25, 0.3) is 0 Å². The van der Waals surface area contributed by atoms with Crippen LogP contribution in [0.5, 0.6) is 0 Å². The van der Waals surface area contributed by atoms with Crippen LogP contribution in [0.4, 0.5) is 0 Å². The molecule has 1 aromatic carbocycles. The SMILES string of the molecule is O=C(O)C1(Sc2ccc3c(c2)CCCC3)CCC1. The largest absolute Gasteiger partial charge is 0.480 e. The fourth-order valence-corrected chi connectivity index (χ4v) is 4.22. The van der Waals surface area contributed by atoms with E-state index < -0.39 is 10.7 Å². The van der Waals surface area contributed by atoms with Crippen molar-refractivity contribution in [2.24, 2.45) is 0 Å². The molecular weight excluding hydrogens is 244 g/mol. The molecule has 1 N–H and O–H groups in total. The van der Waals surface area contributed by atoms with Crippen LogP contribution in [0.3, 0.4) is 0 Å². The molecule has 2 aliphatic rings. The second kappa shape index (κ2) is 4.61. The van der Waals surface area contributed by atoms with E-state index >= 15 is 0 Å². The van der Waals surface area contributed by atoms with Gasteiger partial charge in [-0.1, -0.05) is 6.07 Å². The van der Waals surface area contributed by atoms with Gasteiger partial charge in [-0.15, -0.1) is 11.8 Å².